The Kier molecular flexibility index (Phi) is 7.72. The molecule has 0 spiro atoms. The standard InChI is InChI=1S/C22H34N2O4/c1-14(2)9-21(25)24-12-18(19(13-24)22(26)23-11-15(3)4)17-8-7-16(27-5)10-20(17)28-6/h7-8,10,14-15,18-19H,9,11-13H2,1-6H3,(H,23,26). The highest BCUT2D eigenvalue weighted by molar-refractivity contribution is 5.83. The number of hydrogen-bond donors (Lipinski definition) is 1. The summed E-state index contributed by atoms with van der Waals surface area (Å²) in [5, 5.41) is 3.04. The van der Waals surface area contributed by atoms with Crippen molar-refractivity contribution in [2.24, 2.45) is 17.8 Å². The first-order chi connectivity index (χ1) is 13.3. The van der Waals surface area contributed by atoms with E-state index in [0.29, 0.717) is 43.5 Å². The topological polar surface area (TPSA) is 67.9 Å². The maximum Gasteiger partial charge on any atom is 0.225 e. The van der Waals surface area contributed by atoms with Crippen LogP contribution in [0.4, 0.5) is 0 Å². The van der Waals surface area contributed by atoms with Crippen LogP contribution in [0.5, 0.6) is 11.5 Å². The number of rotatable bonds is 8. The number of nitrogens with one attached hydrogen (secondary N) is 1. The van der Waals surface area contributed by atoms with Gasteiger partial charge >= 0.3 is 0 Å². The molecular weight excluding hydrogens is 356 g/mol. The van der Waals surface area contributed by atoms with Crippen LogP contribution >= 0.6 is 0 Å². The Bertz CT molecular complexity index is 687. The first kappa shape index (κ1) is 22.1. The summed E-state index contributed by atoms with van der Waals surface area (Å²) in [6, 6.07) is 5.65. The van der Waals surface area contributed by atoms with E-state index in [1.165, 1.54) is 0 Å². The van der Waals surface area contributed by atoms with Gasteiger partial charge in [0.1, 0.15) is 11.5 Å². The zero-order valence-electron chi connectivity index (χ0n) is 18.0. The predicted molar refractivity (Wildman–Crippen MR) is 110 cm³/mol. The molecule has 1 aliphatic rings. The first-order valence-corrected chi connectivity index (χ1v) is 10.0. The Labute approximate surface area is 168 Å². The second-order valence-electron chi connectivity index (χ2n) is 8.36. The highest BCUT2D eigenvalue weighted by atomic mass is 16.5. The quantitative estimate of drug-likeness (QED) is 0.741. The molecule has 6 nitrogen and oxygen atoms in total. The summed E-state index contributed by atoms with van der Waals surface area (Å²) in [6.45, 7) is 9.79. The van der Waals surface area contributed by atoms with Crippen molar-refractivity contribution in [3.63, 3.8) is 0 Å². The third-order valence-electron chi connectivity index (χ3n) is 5.12. The molecule has 1 aromatic rings. The van der Waals surface area contributed by atoms with E-state index >= 15 is 0 Å². The van der Waals surface area contributed by atoms with Gasteiger partial charge in [0.2, 0.25) is 11.8 Å². The van der Waals surface area contributed by atoms with Crippen molar-refractivity contribution in [2.75, 3.05) is 33.9 Å². The van der Waals surface area contributed by atoms with Gasteiger partial charge in [0, 0.05) is 43.6 Å². The molecule has 1 saturated heterocycles. The predicted octanol–water partition coefficient (Wildman–Crippen LogP) is 3.06. The molecule has 156 valence electrons. The van der Waals surface area contributed by atoms with Crippen molar-refractivity contribution in [3.8, 4) is 11.5 Å². The molecule has 2 rings (SSSR count). The fraction of sp³-hybridized carbons (Fsp3) is 0.636. The average molecular weight is 391 g/mol. The molecular formula is C22H34N2O4. The Balaban J connectivity index is 2.31. The van der Waals surface area contributed by atoms with E-state index in [-0.39, 0.29) is 29.6 Å². The van der Waals surface area contributed by atoms with Crippen LogP contribution in [0.25, 0.3) is 0 Å². The van der Waals surface area contributed by atoms with Crippen molar-refractivity contribution in [2.45, 2.75) is 40.0 Å². The van der Waals surface area contributed by atoms with Gasteiger partial charge in [-0.1, -0.05) is 33.8 Å². The zero-order chi connectivity index (χ0) is 20.8. The summed E-state index contributed by atoms with van der Waals surface area (Å²) in [7, 11) is 3.22. The second kappa shape index (κ2) is 9.80. The lowest BCUT2D eigenvalue weighted by Crippen LogP contribution is -2.37. The van der Waals surface area contributed by atoms with Gasteiger partial charge in [-0.25, -0.2) is 0 Å². The lowest BCUT2D eigenvalue weighted by atomic mass is 9.87. The van der Waals surface area contributed by atoms with E-state index in [2.05, 4.69) is 19.2 Å². The van der Waals surface area contributed by atoms with Crippen LogP contribution in [-0.4, -0.2) is 50.6 Å². The minimum atomic E-state index is -0.294. The van der Waals surface area contributed by atoms with Gasteiger partial charge in [0.15, 0.2) is 0 Å². The third-order valence-corrected chi connectivity index (χ3v) is 5.12. The summed E-state index contributed by atoms with van der Waals surface area (Å²) in [5.74, 6) is 1.74. The highest BCUT2D eigenvalue weighted by Crippen LogP contribution is 2.39. The van der Waals surface area contributed by atoms with Gasteiger partial charge in [-0.15, -0.1) is 0 Å². The molecule has 1 aliphatic heterocycles. The molecule has 1 aromatic carbocycles. The largest absolute Gasteiger partial charge is 0.497 e. The molecule has 0 aromatic heterocycles. The van der Waals surface area contributed by atoms with E-state index in [9.17, 15) is 9.59 Å². The lowest BCUT2D eigenvalue weighted by molar-refractivity contribution is -0.131. The van der Waals surface area contributed by atoms with Gasteiger partial charge in [-0.05, 0) is 17.9 Å². The van der Waals surface area contributed by atoms with Gasteiger partial charge < -0.3 is 19.7 Å². The fourth-order valence-electron chi connectivity index (χ4n) is 3.63. The SMILES string of the molecule is COc1ccc(C2CN(C(=O)CC(C)C)CC2C(=O)NCC(C)C)c(OC)c1. The van der Waals surface area contributed by atoms with E-state index < -0.39 is 0 Å². The lowest BCUT2D eigenvalue weighted by Gasteiger charge is -2.21. The number of carbonyl (C=O) groups is 2. The molecule has 0 saturated carbocycles. The average Bonchev–Trinajstić information content (AvgIpc) is 3.10. The van der Waals surface area contributed by atoms with E-state index in [1.807, 2.05) is 36.9 Å². The summed E-state index contributed by atoms with van der Waals surface area (Å²) < 4.78 is 10.9. The molecule has 1 heterocycles. The molecule has 6 heteroatoms. The van der Waals surface area contributed by atoms with Crippen LogP contribution in [0, 0.1) is 17.8 Å². The molecule has 2 atom stereocenters. The summed E-state index contributed by atoms with van der Waals surface area (Å²) in [6.07, 6.45) is 0.493. The van der Waals surface area contributed by atoms with Crippen molar-refractivity contribution in [3.05, 3.63) is 23.8 Å². The zero-order valence-corrected chi connectivity index (χ0v) is 18.0. The van der Waals surface area contributed by atoms with Gasteiger partial charge in [-0.2, -0.15) is 0 Å². The summed E-state index contributed by atoms with van der Waals surface area (Å²) >= 11 is 0. The van der Waals surface area contributed by atoms with Crippen LogP contribution in [0.3, 0.4) is 0 Å². The normalized spacial score (nSPS) is 19.2. The van der Waals surface area contributed by atoms with Crippen molar-refractivity contribution in [1.29, 1.82) is 0 Å². The second-order valence-corrected chi connectivity index (χ2v) is 8.36. The molecule has 0 aliphatic carbocycles. The molecule has 0 radical (unpaired) electrons. The fourth-order valence-corrected chi connectivity index (χ4v) is 3.63. The number of likely N-dealkylation sites (tertiary alicyclic amines) is 1. The Morgan fingerprint density at radius 1 is 1.11 bits per heavy atom. The summed E-state index contributed by atoms with van der Waals surface area (Å²) in [4.78, 5) is 27.4. The van der Waals surface area contributed by atoms with Crippen LogP contribution in [-0.2, 0) is 9.59 Å². The monoisotopic (exact) mass is 390 g/mol. The maximum atomic E-state index is 12.9. The van der Waals surface area contributed by atoms with E-state index in [4.69, 9.17) is 9.47 Å². The third kappa shape index (κ3) is 5.40. The van der Waals surface area contributed by atoms with Crippen LogP contribution in [0.1, 0.15) is 45.6 Å². The molecule has 1 fully saturated rings. The minimum absolute atomic E-state index is 0.00332. The van der Waals surface area contributed by atoms with Crippen LogP contribution in [0.2, 0.25) is 0 Å². The molecule has 2 amide bonds. The highest BCUT2D eigenvalue weighted by Gasteiger charge is 2.41. The Hall–Kier alpha value is -2.24. The Morgan fingerprint density at radius 2 is 1.82 bits per heavy atom. The van der Waals surface area contributed by atoms with Crippen LogP contribution < -0.4 is 14.8 Å². The number of benzene rings is 1. The number of amides is 2. The Morgan fingerprint density at radius 3 is 2.39 bits per heavy atom. The van der Waals surface area contributed by atoms with Gasteiger partial charge in [0.25, 0.3) is 0 Å². The van der Waals surface area contributed by atoms with E-state index in [0.717, 1.165) is 5.56 Å². The number of ether oxygens (including phenoxy) is 2. The van der Waals surface area contributed by atoms with E-state index in [1.54, 1.807) is 14.2 Å². The number of methoxy groups -OCH3 is 2. The number of carbonyl (C=O) groups excluding carboxylic acids is 2. The van der Waals surface area contributed by atoms with Crippen LogP contribution in [0.15, 0.2) is 18.2 Å². The van der Waals surface area contributed by atoms with Crippen molar-refractivity contribution >= 4 is 11.8 Å². The molecule has 28 heavy (non-hydrogen) atoms. The van der Waals surface area contributed by atoms with Gasteiger partial charge in [-0.3, -0.25) is 9.59 Å². The molecule has 2 unspecified atom stereocenters. The van der Waals surface area contributed by atoms with Crippen molar-refractivity contribution < 1.29 is 19.1 Å². The number of hydrogen-bond acceptors (Lipinski definition) is 4. The van der Waals surface area contributed by atoms with Crippen molar-refractivity contribution in [1.82, 2.24) is 10.2 Å². The molecule has 1 N–H and O–H groups in total. The summed E-state index contributed by atoms with van der Waals surface area (Å²) in [5.41, 5.74) is 0.938. The minimum Gasteiger partial charge on any atom is -0.497 e. The first-order valence-electron chi connectivity index (χ1n) is 10.0. The smallest absolute Gasteiger partial charge is 0.225 e. The number of nitrogens with zero attached hydrogens (tertiary/aromatic N) is 1. The van der Waals surface area contributed by atoms with Gasteiger partial charge in [0.05, 0.1) is 20.1 Å². The maximum absolute atomic E-state index is 12.9. The molecule has 0 bridgehead atoms.